The molecular weight excluding hydrogens is 226 g/mol. The molecule has 0 saturated carbocycles. The first kappa shape index (κ1) is 15.2. The molecule has 1 N–H and O–H groups in total. The molecule has 2 atom stereocenters. The van der Waals surface area contributed by atoms with Crippen molar-refractivity contribution in [1.82, 2.24) is 14.8 Å². The van der Waals surface area contributed by atoms with Crippen molar-refractivity contribution in [2.45, 2.75) is 66.5 Å². The van der Waals surface area contributed by atoms with E-state index in [1.165, 1.54) is 0 Å². The Labute approximate surface area is 110 Å². The van der Waals surface area contributed by atoms with Gasteiger partial charge in [0, 0.05) is 13.0 Å². The number of aliphatic hydroxyl groups is 1. The van der Waals surface area contributed by atoms with Crippen molar-refractivity contribution in [3.05, 3.63) is 12.2 Å². The molecular formula is C14H27N3O. The van der Waals surface area contributed by atoms with Gasteiger partial charge in [0.1, 0.15) is 12.2 Å². The Kier molecular flexibility index (Phi) is 5.32. The Balaban J connectivity index is 2.54. The van der Waals surface area contributed by atoms with E-state index < -0.39 is 0 Å². The standard InChI is InChI=1S/C14H27N3O/c1-6-7-17-13(15-10-16-17)9-12(18)8-11(2)14(3,4)5/h10-12,18H,6-9H2,1-5H3. The second-order valence-electron chi connectivity index (χ2n) is 6.26. The first-order valence-corrected chi connectivity index (χ1v) is 6.89. The van der Waals surface area contributed by atoms with Gasteiger partial charge in [-0.05, 0) is 24.2 Å². The van der Waals surface area contributed by atoms with Crippen molar-refractivity contribution in [2.75, 3.05) is 0 Å². The summed E-state index contributed by atoms with van der Waals surface area (Å²) in [4.78, 5) is 4.24. The van der Waals surface area contributed by atoms with Gasteiger partial charge in [0.05, 0.1) is 6.10 Å². The van der Waals surface area contributed by atoms with Gasteiger partial charge in [-0.15, -0.1) is 0 Å². The van der Waals surface area contributed by atoms with Gasteiger partial charge < -0.3 is 5.11 Å². The molecule has 4 heteroatoms. The van der Waals surface area contributed by atoms with Gasteiger partial charge >= 0.3 is 0 Å². The van der Waals surface area contributed by atoms with Crippen LogP contribution < -0.4 is 0 Å². The SMILES string of the molecule is CCCn1ncnc1CC(O)CC(C)C(C)(C)C. The van der Waals surface area contributed by atoms with Gasteiger partial charge in [-0.25, -0.2) is 4.98 Å². The number of hydrogen-bond donors (Lipinski definition) is 1. The molecule has 1 aromatic heterocycles. The lowest BCUT2D eigenvalue weighted by Gasteiger charge is -2.29. The summed E-state index contributed by atoms with van der Waals surface area (Å²) < 4.78 is 1.89. The second-order valence-corrected chi connectivity index (χ2v) is 6.26. The Morgan fingerprint density at radius 1 is 1.39 bits per heavy atom. The summed E-state index contributed by atoms with van der Waals surface area (Å²) in [7, 11) is 0. The third-order valence-corrected chi connectivity index (χ3v) is 3.65. The third kappa shape index (κ3) is 4.41. The van der Waals surface area contributed by atoms with Gasteiger partial charge in [0.2, 0.25) is 0 Å². The molecule has 1 aromatic rings. The van der Waals surface area contributed by atoms with E-state index in [9.17, 15) is 5.11 Å². The molecule has 104 valence electrons. The fourth-order valence-corrected chi connectivity index (χ4v) is 1.90. The molecule has 0 radical (unpaired) electrons. The van der Waals surface area contributed by atoms with Crippen LogP contribution in [-0.4, -0.2) is 26.0 Å². The summed E-state index contributed by atoms with van der Waals surface area (Å²) in [6.07, 6.45) is 3.68. The highest BCUT2D eigenvalue weighted by Gasteiger charge is 2.23. The largest absolute Gasteiger partial charge is 0.393 e. The lowest BCUT2D eigenvalue weighted by molar-refractivity contribution is 0.107. The number of nitrogens with zero attached hydrogens (tertiary/aromatic N) is 3. The zero-order valence-corrected chi connectivity index (χ0v) is 12.3. The summed E-state index contributed by atoms with van der Waals surface area (Å²) in [5, 5.41) is 14.3. The molecule has 0 aliphatic carbocycles. The Bertz CT molecular complexity index is 354. The van der Waals surface area contributed by atoms with E-state index in [-0.39, 0.29) is 11.5 Å². The van der Waals surface area contributed by atoms with E-state index in [4.69, 9.17) is 0 Å². The van der Waals surface area contributed by atoms with E-state index >= 15 is 0 Å². The van der Waals surface area contributed by atoms with Crippen molar-refractivity contribution >= 4 is 0 Å². The summed E-state index contributed by atoms with van der Waals surface area (Å²) in [6.45, 7) is 11.8. The highest BCUT2D eigenvalue weighted by molar-refractivity contribution is 4.88. The summed E-state index contributed by atoms with van der Waals surface area (Å²) in [5.74, 6) is 1.38. The maximum Gasteiger partial charge on any atom is 0.138 e. The Morgan fingerprint density at radius 3 is 2.61 bits per heavy atom. The summed E-state index contributed by atoms with van der Waals surface area (Å²) in [6, 6.07) is 0. The fraction of sp³-hybridized carbons (Fsp3) is 0.857. The van der Waals surface area contributed by atoms with E-state index in [1.54, 1.807) is 6.33 Å². The monoisotopic (exact) mass is 253 g/mol. The molecule has 4 nitrogen and oxygen atoms in total. The fourth-order valence-electron chi connectivity index (χ4n) is 1.90. The van der Waals surface area contributed by atoms with E-state index in [1.807, 2.05) is 4.68 Å². The average molecular weight is 253 g/mol. The molecule has 1 rings (SSSR count). The van der Waals surface area contributed by atoms with Crippen molar-refractivity contribution in [3.8, 4) is 0 Å². The number of aryl methyl sites for hydroxylation is 1. The quantitative estimate of drug-likeness (QED) is 0.848. The highest BCUT2D eigenvalue weighted by atomic mass is 16.3. The number of rotatable bonds is 6. The molecule has 1 heterocycles. The predicted octanol–water partition coefficient (Wildman–Crippen LogP) is 2.66. The minimum Gasteiger partial charge on any atom is -0.393 e. The van der Waals surface area contributed by atoms with Crippen LogP contribution in [-0.2, 0) is 13.0 Å². The van der Waals surface area contributed by atoms with Crippen LogP contribution in [0, 0.1) is 11.3 Å². The smallest absolute Gasteiger partial charge is 0.138 e. The first-order chi connectivity index (χ1) is 8.34. The normalized spacial score (nSPS) is 15.7. The maximum absolute atomic E-state index is 10.2. The third-order valence-electron chi connectivity index (χ3n) is 3.65. The molecule has 0 aromatic carbocycles. The zero-order valence-electron chi connectivity index (χ0n) is 12.3. The highest BCUT2D eigenvalue weighted by Crippen LogP contribution is 2.29. The van der Waals surface area contributed by atoms with Crippen molar-refractivity contribution in [1.29, 1.82) is 0 Å². The molecule has 18 heavy (non-hydrogen) atoms. The second kappa shape index (κ2) is 6.32. The van der Waals surface area contributed by atoms with E-state index in [2.05, 4.69) is 44.7 Å². The zero-order chi connectivity index (χ0) is 13.8. The molecule has 0 saturated heterocycles. The van der Waals surface area contributed by atoms with Crippen LogP contribution in [0.25, 0.3) is 0 Å². The topological polar surface area (TPSA) is 50.9 Å². The van der Waals surface area contributed by atoms with Crippen LogP contribution in [0.15, 0.2) is 6.33 Å². The minimum absolute atomic E-state index is 0.234. The van der Waals surface area contributed by atoms with Crippen LogP contribution in [0.3, 0.4) is 0 Å². The summed E-state index contributed by atoms with van der Waals surface area (Å²) in [5.41, 5.74) is 0.234. The lowest BCUT2D eigenvalue weighted by Crippen LogP contribution is -2.25. The molecule has 2 unspecified atom stereocenters. The van der Waals surface area contributed by atoms with E-state index in [0.717, 1.165) is 25.2 Å². The first-order valence-electron chi connectivity index (χ1n) is 6.89. The average Bonchev–Trinajstić information content (AvgIpc) is 2.64. The molecule has 0 bridgehead atoms. The lowest BCUT2D eigenvalue weighted by atomic mass is 9.78. The molecule has 0 amide bonds. The van der Waals surface area contributed by atoms with Crippen molar-refractivity contribution < 1.29 is 5.11 Å². The Hall–Kier alpha value is -0.900. The van der Waals surface area contributed by atoms with Crippen LogP contribution in [0.5, 0.6) is 0 Å². The molecule has 0 aliphatic rings. The van der Waals surface area contributed by atoms with E-state index in [0.29, 0.717) is 12.3 Å². The van der Waals surface area contributed by atoms with Gasteiger partial charge in [-0.1, -0.05) is 34.6 Å². The van der Waals surface area contributed by atoms with Crippen LogP contribution in [0.1, 0.15) is 53.3 Å². The van der Waals surface area contributed by atoms with Gasteiger partial charge in [-0.3, -0.25) is 4.68 Å². The van der Waals surface area contributed by atoms with Crippen LogP contribution in [0.2, 0.25) is 0 Å². The molecule has 0 spiro atoms. The molecule has 0 fully saturated rings. The molecule has 0 aliphatic heterocycles. The maximum atomic E-state index is 10.2. The number of hydrogen-bond acceptors (Lipinski definition) is 3. The number of aromatic nitrogens is 3. The van der Waals surface area contributed by atoms with Crippen LogP contribution in [0.4, 0.5) is 0 Å². The van der Waals surface area contributed by atoms with Crippen molar-refractivity contribution in [2.24, 2.45) is 11.3 Å². The van der Waals surface area contributed by atoms with Gasteiger partial charge in [0.25, 0.3) is 0 Å². The van der Waals surface area contributed by atoms with Gasteiger partial charge in [-0.2, -0.15) is 5.10 Å². The Morgan fingerprint density at radius 2 is 2.06 bits per heavy atom. The minimum atomic E-state index is -0.334. The predicted molar refractivity (Wildman–Crippen MR) is 73.3 cm³/mol. The number of aliphatic hydroxyl groups excluding tert-OH is 1. The van der Waals surface area contributed by atoms with Gasteiger partial charge in [0.15, 0.2) is 0 Å². The van der Waals surface area contributed by atoms with Crippen molar-refractivity contribution in [3.63, 3.8) is 0 Å². The summed E-state index contributed by atoms with van der Waals surface area (Å²) >= 11 is 0. The van der Waals surface area contributed by atoms with Crippen LogP contribution >= 0.6 is 0 Å².